The number of nitrogens with one attached hydrogen (secondary N) is 4. The van der Waals surface area contributed by atoms with Crippen molar-refractivity contribution in [3.05, 3.63) is 169 Å². The van der Waals surface area contributed by atoms with Gasteiger partial charge in [0.1, 0.15) is 34.2 Å². The second-order valence-corrected chi connectivity index (χ2v) is 18.4. The van der Waals surface area contributed by atoms with Crippen LogP contribution in [0.4, 0.5) is 0 Å². The fourth-order valence-electron chi connectivity index (χ4n) is 10.8. The van der Waals surface area contributed by atoms with E-state index < -0.39 is 0 Å². The summed E-state index contributed by atoms with van der Waals surface area (Å²) in [6.07, 6.45) is 0. The van der Waals surface area contributed by atoms with Gasteiger partial charge in [0.25, 0.3) is 0 Å². The van der Waals surface area contributed by atoms with Crippen LogP contribution in [0.1, 0.15) is 11.1 Å². The van der Waals surface area contributed by atoms with Crippen molar-refractivity contribution in [1.29, 1.82) is 0 Å². The van der Waals surface area contributed by atoms with E-state index in [9.17, 15) is 0 Å². The Morgan fingerprint density at radius 1 is 0.338 bits per heavy atom. The summed E-state index contributed by atoms with van der Waals surface area (Å²) in [7, 11) is 6.79. The zero-order chi connectivity index (χ0) is 48.1. The molecule has 0 unspecified atom stereocenters. The van der Waals surface area contributed by atoms with E-state index in [0.29, 0.717) is 11.5 Å². The summed E-state index contributed by atoms with van der Waals surface area (Å²) in [5.74, 6) is 2.88. The van der Waals surface area contributed by atoms with Crippen LogP contribution in [0.5, 0.6) is 23.0 Å². The Kier molecular flexibility index (Phi) is 9.64. The molecule has 0 aliphatic carbocycles. The van der Waals surface area contributed by atoms with Crippen molar-refractivity contribution in [3.8, 4) is 90.3 Å². The number of methoxy groups -OCH3 is 4. The van der Waals surface area contributed by atoms with Crippen molar-refractivity contribution in [2.75, 3.05) is 28.4 Å². The molecule has 0 aliphatic heterocycles. The number of para-hydroxylation sites is 2. The molecule has 0 saturated carbocycles. The molecule has 346 valence electrons. The third-order valence-corrected chi connectivity index (χ3v) is 14.2. The van der Waals surface area contributed by atoms with Crippen molar-refractivity contribution < 1.29 is 23.4 Å². The third-order valence-electron chi connectivity index (χ3n) is 14.2. The molecule has 5 heterocycles. The number of fused-ring (bicyclic) bond motifs is 7. The minimum atomic E-state index is 0.710. The average Bonchev–Trinajstić information content (AvgIpc) is 4.24. The molecule has 71 heavy (non-hydrogen) atoms. The zero-order valence-corrected chi connectivity index (χ0v) is 40.1. The van der Waals surface area contributed by atoms with Crippen LogP contribution in [0.25, 0.3) is 133 Å². The Labute approximate surface area is 408 Å². The number of furan rings is 1. The topological polar surface area (TPSA) is 113 Å². The summed E-state index contributed by atoms with van der Waals surface area (Å²) < 4.78 is 30.4. The van der Waals surface area contributed by atoms with Crippen LogP contribution in [0.15, 0.2) is 162 Å². The van der Waals surface area contributed by atoms with Crippen molar-refractivity contribution in [2.24, 2.45) is 0 Å². The second kappa shape index (κ2) is 16.3. The molecule has 0 aliphatic rings. The first-order valence-corrected chi connectivity index (χ1v) is 23.7. The predicted molar refractivity (Wildman–Crippen MR) is 289 cm³/mol. The maximum atomic E-state index is 6.65. The lowest BCUT2D eigenvalue weighted by Gasteiger charge is -2.11. The molecular formula is C62H48N4O5. The lowest BCUT2D eigenvalue weighted by molar-refractivity contribution is 0.398. The van der Waals surface area contributed by atoms with E-state index in [2.05, 4.69) is 167 Å². The van der Waals surface area contributed by atoms with Crippen LogP contribution in [-0.2, 0) is 0 Å². The highest BCUT2D eigenvalue weighted by atomic mass is 16.5. The van der Waals surface area contributed by atoms with Crippen LogP contribution in [0, 0.1) is 13.8 Å². The van der Waals surface area contributed by atoms with Crippen molar-refractivity contribution in [2.45, 2.75) is 13.8 Å². The fraction of sp³-hybridized carbons (Fsp3) is 0.0968. The first-order valence-electron chi connectivity index (χ1n) is 23.7. The number of hydrogen-bond acceptors (Lipinski definition) is 5. The van der Waals surface area contributed by atoms with Crippen molar-refractivity contribution >= 4 is 65.6 Å². The SMILES string of the molecule is COc1cc(OC)c2c(-c3ccc(C)cc3)c(-c3c(-c4ccc5oc6ccc(-c7[nH]c8ccccc8c7-c7[nH]c8cc(OC)cc(OC)c8c7-c7ccc(C)cc7)cc6c5c4)[nH]c4ccccc34)[nH]c2c1. The van der Waals surface area contributed by atoms with E-state index in [-0.39, 0.29) is 0 Å². The number of ether oxygens (including phenoxy) is 4. The van der Waals surface area contributed by atoms with Crippen molar-refractivity contribution in [3.63, 3.8) is 0 Å². The van der Waals surface area contributed by atoms with E-state index in [1.165, 1.54) is 11.1 Å². The normalized spacial score (nSPS) is 11.8. The lowest BCUT2D eigenvalue weighted by Crippen LogP contribution is -1.89. The van der Waals surface area contributed by atoms with Gasteiger partial charge in [-0.2, -0.15) is 0 Å². The van der Waals surface area contributed by atoms with Crippen LogP contribution >= 0.6 is 0 Å². The zero-order valence-electron chi connectivity index (χ0n) is 40.1. The van der Waals surface area contributed by atoms with Crippen LogP contribution in [0.3, 0.4) is 0 Å². The van der Waals surface area contributed by atoms with E-state index in [4.69, 9.17) is 23.4 Å². The molecule has 0 fully saturated rings. The average molecular weight is 929 g/mol. The Balaban J connectivity index is 1.03. The summed E-state index contributed by atoms with van der Waals surface area (Å²) in [5, 5.41) is 6.17. The van der Waals surface area contributed by atoms with Gasteiger partial charge in [-0.3, -0.25) is 0 Å². The van der Waals surface area contributed by atoms with Gasteiger partial charge in [0, 0.05) is 79.1 Å². The van der Waals surface area contributed by atoms with Crippen molar-refractivity contribution in [1.82, 2.24) is 19.9 Å². The Bertz CT molecular complexity index is 3970. The molecule has 13 aromatic rings. The summed E-state index contributed by atoms with van der Waals surface area (Å²) in [6, 6.07) is 55.4. The Morgan fingerprint density at radius 3 is 1.14 bits per heavy atom. The number of aromatic nitrogens is 4. The summed E-state index contributed by atoms with van der Waals surface area (Å²) >= 11 is 0. The third kappa shape index (κ3) is 6.61. The number of benzene rings is 8. The highest BCUT2D eigenvalue weighted by molar-refractivity contribution is 6.17. The number of H-pyrrole nitrogens is 4. The number of aromatic amines is 4. The Morgan fingerprint density at radius 2 is 0.732 bits per heavy atom. The van der Waals surface area contributed by atoms with Gasteiger partial charge in [-0.15, -0.1) is 0 Å². The smallest absolute Gasteiger partial charge is 0.135 e. The van der Waals surface area contributed by atoms with Gasteiger partial charge in [0.15, 0.2) is 0 Å². The van der Waals surface area contributed by atoms with Gasteiger partial charge < -0.3 is 43.3 Å². The van der Waals surface area contributed by atoms with Crippen LogP contribution < -0.4 is 18.9 Å². The molecular weight excluding hydrogens is 881 g/mol. The minimum absolute atomic E-state index is 0.710. The molecule has 8 aromatic carbocycles. The van der Waals surface area contributed by atoms with E-state index in [1.54, 1.807) is 28.4 Å². The van der Waals surface area contributed by atoms with E-state index in [1.807, 2.05) is 24.3 Å². The monoisotopic (exact) mass is 928 g/mol. The summed E-state index contributed by atoms with van der Waals surface area (Å²) in [4.78, 5) is 15.5. The highest BCUT2D eigenvalue weighted by Gasteiger charge is 2.28. The van der Waals surface area contributed by atoms with Gasteiger partial charge in [0.05, 0.1) is 73.0 Å². The van der Waals surface area contributed by atoms with Crippen LogP contribution in [0.2, 0.25) is 0 Å². The molecule has 9 nitrogen and oxygen atoms in total. The van der Waals surface area contributed by atoms with Gasteiger partial charge >= 0.3 is 0 Å². The van der Waals surface area contributed by atoms with Gasteiger partial charge in [0.2, 0.25) is 0 Å². The van der Waals surface area contributed by atoms with Crippen LogP contribution in [-0.4, -0.2) is 48.4 Å². The predicted octanol–water partition coefficient (Wildman–Crippen LogP) is 16.2. The molecule has 5 aromatic heterocycles. The largest absolute Gasteiger partial charge is 0.497 e. The number of rotatable bonds is 10. The maximum absolute atomic E-state index is 6.65. The lowest BCUT2D eigenvalue weighted by atomic mass is 9.93. The van der Waals surface area contributed by atoms with Gasteiger partial charge in [-0.25, -0.2) is 0 Å². The van der Waals surface area contributed by atoms with Gasteiger partial charge in [-0.05, 0) is 84.6 Å². The quantitative estimate of drug-likeness (QED) is 0.109. The summed E-state index contributed by atoms with van der Waals surface area (Å²) in [5.41, 5.74) is 20.2. The summed E-state index contributed by atoms with van der Waals surface area (Å²) in [6.45, 7) is 4.23. The molecule has 0 amide bonds. The number of hydrogen-bond donors (Lipinski definition) is 4. The van der Waals surface area contributed by atoms with E-state index >= 15 is 0 Å². The molecule has 13 rings (SSSR count). The minimum Gasteiger partial charge on any atom is -0.497 e. The molecule has 0 saturated heterocycles. The first-order chi connectivity index (χ1) is 34.8. The maximum Gasteiger partial charge on any atom is 0.135 e. The number of aryl methyl sites for hydroxylation is 2. The molecule has 0 spiro atoms. The molecule has 4 N–H and O–H groups in total. The highest BCUT2D eigenvalue weighted by Crippen LogP contribution is 2.51. The van der Waals surface area contributed by atoms with E-state index in [0.717, 1.165) is 144 Å². The fourth-order valence-corrected chi connectivity index (χ4v) is 10.8. The molecule has 0 radical (unpaired) electrons. The molecule has 0 atom stereocenters. The van der Waals surface area contributed by atoms with Gasteiger partial charge in [-0.1, -0.05) is 96.1 Å². The standard InChI is InChI=1S/C62H48N4O5/c1-33-15-19-35(20-16-33)53-57-47(29-39(67-3)31-51(57)69-5)65-61(53)55-41-11-7-9-13-45(41)63-59(55)37-23-25-49-43(27-37)44-28-38(24-26-50(44)71-49)60-56(42-12-8-10-14-46(42)64-60)62-54(36-21-17-34(2)18-22-36)58-48(66-62)30-40(68-4)32-52(58)70-6/h7-32,63-66H,1-6H3. The Hall–Kier alpha value is -9.08. The second-order valence-electron chi connectivity index (χ2n) is 18.4. The molecule has 9 heteroatoms. The first kappa shape index (κ1) is 42.1. The molecule has 0 bridgehead atoms.